The molecule has 1 aromatic rings. The summed E-state index contributed by atoms with van der Waals surface area (Å²) < 4.78 is 0. The summed E-state index contributed by atoms with van der Waals surface area (Å²) in [6.07, 6.45) is 2.66. The van der Waals surface area contributed by atoms with E-state index in [1.165, 1.54) is 0 Å². The standard InChI is InChI=1S/C7H6N2O/c8-2-1-7-3-6(5-10)4-9-7/h3-5,9H,1H2. The van der Waals surface area contributed by atoms with Crippen molar-refractivity contribution in [2.45, 2.75) is 6.42 Å². The van der Waals surface area contributed by atoms with Gasteiger partial charge in [-0.15, -0.1) is 0 Å². The highest BCUT2D eigenvalue weighted by Crippen LogP contribution is 1.99. The Bertz CT molecular complexity index is 269. The maximum atomic E-state index is 10.1. The molecule has 0 atom stereocenters. The van der Waals surface area contributed by atoms with E-state index >= 15 is 0 Å². The molecule has 3 heteroatoms. The van der Waals surface area contributed by atoms with Gasteiger partial charge >= 0.3 is 0 Å². The minimum atomic E-state index is 0.327. The highest BCUT2D eigenvalue weighted by atomic mass is 16.1. The number of nitriles is 1. The van der Waals surface area contributed by atoms with Gasteiger partial charge in [0.1, 0.15) is 0 Å². The van der Waals surface area contributed by atoms with Crippen LogP contribution in [0.5, 0.6) is 0 Å². The van der Waals surface area contributed by atoms with Crippen LogP contribution >= 0.6 is 0 Å². The monoisotopic (exact) mass is 134 g/mol. The first-order valence-corrected chi connectivity index (χ1v) is 2.86. The predicted octanol–water partition coefficient (Wildman–Crippen LogP) is 0.893. The maximum Gasteiger partial charge on any atom is 0.151 e. The van der Waals surface area contributed by atoms with Crippen molar-refractivity contribution in [1.82, 2.24) is 4.98 Å². The van der Waals surface area contributed by atoms with E-state index < -0.39 is 0 Å². The van der Waals surface area contributed by atoms with Gasteiger partial charge in [-0.3, -0.25) is 4.79 Å². The number of aldehydes is 1. The fourth-order valence-electron chi connectivity index (χ4n) is 0.716. The molecule has 1 rings (SSSR count). The summed E-state index contributed by atoms with van der Waals surface area (Å²) >= 11 is 0. The van der Waals surface area contributed by atoms with Crippen LogP contribution in [0.1, 0.15) is 16.1 Å². The third-order valence-electron chi connectivity index (χ3n) is 1.17. The molecule has 0 radical (unpaired) electrons. The Morgan fingerprint density at radius 2 is 2.60 bits per heavy atom. The summed E-state index contributed by atoms with van der Waals surface area (Å²) in [7, 11) is 0. The van der Waals surface area contributed by atoms with Crippen LogP contribution in [0.15, 0.2) is 12.3 Å². The fourth-order valence-corrected chi connectivity index (χ4v) is 0.716. The zero-order valence-electron chi connectivity index (χ0n) is 5.29. The predicted molar refractivity (Wildman–Crippen MR) is 35.5 cm³/mol. The minimum Gasteiger partial charge on any atom is -0.363 e. The van der Waals surface area contributed by atoms with E-state index in [1.54, 1.807) is 12.3 Å². The Morgan fingerprint density at radius 1 is 1.80 bits per heavy atom. The number of nitrogens with one attached hydrogen (secondary N) is 1. The number of hydrogen-bond donors (Lipinski definition) is 1. The molecule has 0 aliphatic rings. The molecule has 0 aliphatic heterocycles. The van der Waals surface area contributed by atoms with E-state index in [1.807, 2.05) is 6.07 Å². The zero-order valence-corrected chi connectivity index (χ0v) is 5.29. The van der Waals surface area contributed by atoms with Crippen LogP contribution < -0.4 is 0 Å². The summed E-state index contributed by atoms with van der Waals surface area (Å²) in [5.74, 6) is 0. The van der Waals surface area contributed by atoms with E-state index in [4.69, 9.17) is 5.26 Å². The van der Waals surface area contributed by atoms with Gasteiger partial charge in [-0.2, -0.15) is 5.26 Å². The molecule has 0 saturated carbocycles. The van der Waals surface area contributed by atoms with Crippen molar-refractivity contribution in [3.8, 4) is 6.07 Å². The van der Waals surface area contributed by atoms with Crippen LogP contribution in [0.3, 0.4) is 0 Å². The number of aromatic amines is 1. The summed E-state index contributed by atoms with van der Waals surface area (Å²) in [5, 5.41) is 8.24. The molecule has 10 heavy (non-hydrogen) atoms. The Labute approximate surface area is 58.3 Å². The van der Waals surface area contributed by atoms with Crippen molar-refractivity contribution in [2.24, 2.45) is 0 Å². The van der Waals surface area contributed by atoms with Gasteiger partial charge in [0.15, 0.2) is 6.29 Å². The van der Waals surface area contributed by atoms with Gasteiger partial charge in [0, 0.05) is 17.5 Å². The second kappa shape index (κ2) is 2.83. The quantitative estimate of drug-likeness (QED) is 0.611. The molecule has 3 nitrogen and oxygen atoms in total. The molecule has 0 saturated heterocycles. The minimum absolute atomic E-state index is 0.327. The molecular weight excluding hydrogens is 128 g/mol. The molecule has 0 aliphatic carbocycles. The molecule has 0 aromatic carbocycles. The Morgan fingerprint density at radius 3 is 3.10 bits per heavy atom. The summed E-state index contributed by atoms with van der Waals surface area (Å²) in [6, 6.07) is 3.64. The number of nitrogens with zero attached hydrogens (tertiary/aromatic N) is 1. The van der Waals surface area contributed by atoms with Crippen LogP contribution in [0.2, 0.25) is 0 Å². The highest BCUT2D eigenvalue weighted by molar-refractivity contribution is 5.74. The summed E-state index contributed by atoms with van der Waals surface area (Å²) in [5.41, 5.74) is 1.37. The van der Waals surface area contributed by atoms with E-state index in [0.29, 0.717) is 12.0 Å². The van der Waals surface area contributed by atoms with Crippen LogP contribution in [-0.4, -0.2) is 11.3 Å². The van der Waals surface area contributed by atoms with Gasteiger partial charge in [-0.25, -0.2) is 0 Å². The average molecular weight is 134 g/mol. The van der Waals surface area contributed by atoms with Gasteiger partial charge in [0.05, 0.1) is 12.5 Å². The average Bonchev–Trinajstić information content (AvgIpc) is 2.37. The lowest BCUT2D eigenvalue weighted by molar-refractivity contribution is 0.112. The van der Waals surface area contributed by atoms with Crippen molar-refractivity contribution in [3.63, 3.8) is 0 Å². The Hall–Kier alpha value is -1.56. The molecule has 0 unspecified atom stereocenters. The SMILES string of the molecule is N#CCc1cc(C=O)c[nH]1. The molecule has 0 spiro atoms. The number of H-pyrrole nitrogens is 1. The lowest BCUT2D eigenvalue weighted by Gasteiger charge is -1.79. The molecule has 1 heterocycles. The number of rotatable bonds is 2. The summed E-state index contributed by atoms with van der Waals surface area (Å²) in [4.78, 5) is 12.9. The van der Waals surface area contributed by atoms with Crippen molar-refractivity contribution in [1.29, 1.82) is 5.26 Å². The lowest BCUT2D eigenvalue weighted by atomic mass is 10.3. The second-order valence-corrected chi connectivity index (χ2v) is 1.91. The van der Waals surface area contributed by atoms with E-state index in [-0.39, 0.29) is 0 Å². The lowest BCUT2D eigenvalue weighted by Crippen LogP contribution is -1.77. The zero-order chi connectivity index (χ0) is 7.40. The van der Waals surface area contributed by atoms with E-state index in [0.717, 1.165) is 12.0 Å². The van der Waals surface area contributed by atoms with Gasteiger partial charge in [0.25, 0.3) is 0 Å². The van der Waals surface area contributed by atoms with Crippen molar-refractivity contribution in [2.75, 3.05) is 0 Å². The van der Waals surface area contributed by atoms with Crippen LogP contribution in [0, 0.1) is 11.3 Å². The highest BCUT2D eigenvalue weighted by Gasteiger charge is 1.94. The Balaban J connectivity index is 2.80. The first-order chi connectivity index (χ1) is 4.86. The third-order valence-corrected chi connectivity index (χ3v) is 1.17. The third kappa shape index (κ3) is 1.23. The normalized spacial score (nSPS) is 8.70. The number of aromatic nitrogens is 1. The van der Waals surface area contributed by atoms with Crippen LogP contribution in [-0.2, 0) is 6.42 Å². The number of carbonyl (C=O) groups is 1. The molecule has 0 fully saturated rings. The topological polar surface area (TPSA) is 56.6 Å². The van der Waals surface area contributed by atoms with Gasteiger partial charge in [0.2, 0.25) is 0 Å². The molecule has 50 valence electrons. The van der Waals surface area contributed by atoms with Gasteiger partial charge < -0.3 is 4.98 Å². The number of carbonyl (C=O) groups excluding carboxylic acids is 1. The largest absolute Gasteiger partial charge is 0.363 e. The first-order valence-electron chi connectivity index (χ1n) is 2.86. The second-order valence-electron chi connectivity index (χ2n) is 1.91. The van der Waals surface area contributed by atoms with Crippen molar-refractivity contribution in [3.05, 3.63) is 23.5 Å². The molecule has 0 bridgehead atoms. The van der Waals surface area contributed by atoms with Crippen molar-refractivity contribution >= 4 is 6.29 Å². The van der Waals surface area contributed by atoms with Gasteiger partial charge in [-0.05, 0) is 6.07 Å². The van der Waals surface area contributed by atoms with Crippen molar-refractivity contribution < 1.29 is 4.79 Å². The number of hydrogen-bond acceptors (Lipinski definition) is 2. The van der Waals surface area contributed by atoms with Crippen LogP contribution in [0.25, 0.3) is 0 Å². The fraction of sp³-hybridized carbons (Fsp3) is 0.143. The molecule has 0 amide bonds. The van der Waals surface area contributed by atoms with Gasteiger partial charge in [-0.1, -0.05) is 0 Å². The smallest absolute Gasteiger partial charge is 0.151 e. The summed E-state index contributed by atoms with van der Waals surface area (Å²) in [6.45, 7) is 0. The molecule has 1 N–H and O–H groups in total. The van der Waals surface area contributed by atoms with E-state index in [9.17, 15) is 4.79 Å². The van der Waals surface area contributed by atoms with E-state index in [2.05, 4.69) is 4.98 Å². The molecule has 1 aromatic heterocycles. The first kappa shape index (κ1) is 6.56. The Kier molecular flexibility index (Phi) is 1.86. The molecular formula is C7H6N2O. The van der Waals surface area contributed by atoms with Crippen LogP contribution in [0.4, 0.5) is 0 Å². The maximum absolute atomic E-state index is 10.1.